The van der Waals surface area contributed by atoms with Gasteiger partial charge in [0.25, 0.3) is 10.0 Å². The summed E-state index contributed by atoms with van der Waals surface area (Å²) in [5, 5.41) is 10.8. The summed E-state index contributed by atoms with van der Waals surface area (Å²) in [6.45, 7) is 0. The number of nitrogens with one attached hydrogen (secondary N) is 1. The Balaban J connectivity index is 1.98. The number of rotatable bonds is 4. The largest absolute Gasteiger partial charge is 0.306 e. The maximum absolute atomic E-state index is 13.3. The number of para-hydroxylation sites is 1. The first-order chi connectivity index (χ1) is 10.9. The van der Waals surface area contributed by atoms with E-state index in [4.69, 9.17) is 0 Å². The van der Waals surface area contributed by atoms with Crippen LogP contribution in [0.1, 0.15) is 0 Å². The van der Waals surface area contributed by atoms with E-state index in [1.807, 2.05) is 0 Å². The van der Waals surface area contributed by atoms with Crippen molar-refractivity contribution in [3.8, 4) is 0 Å². The summed E-state index contributed by atoms with van der Waals surface area (Å²) in [6.07, 6.45) is 0. The van der Waals surface area contributed by atoms with Crippen LogP contribution in [-0.2, 0) is 10.0 Å². The van der Waals surface area contributed by atoms with Crippen molar-refractivity contribution >= 4 is 42.4 Å². The van der Waals surface area contributed by atoms with E-state index >= 15 is 0 Å². The molecule has 0 bridgehead atoms. The van der Waals surface area contributed by atoms with E-state index in [0.717, 1.165) is 28.2 Å². The first-order valence-electron chi connectivity index (χ1n) is 6.19. The van der Waals surface area contributed by atoms with Gasteiger partial charge in [-0.25, -0.2) is 13.4 Å². The Kier molecular flexibility index (Phi) is 3.70. The molecule has 0 aliphatic carbocycles. The van der Waals surface area contributed by atoms with E-state index in [9.17, 15) is 22.9 Å². The van der Waals surface area contributed by atoms with Gasteiger partial charge in [0.05, 0.1) is 20.0 Å². The van der Waals surface area contributed by atoms with Crippen molar-refractivity contribution in [2.45, 2.75) is 4.90 Å². The second kappa shape index (κ2) is 5.56. The maximum atomic E-state index is 13.3. The number of nitrogens with zero attached hydrogens (tertiary/aromatic N) is 2. The molecule has 118 valence electrons. The predicted molar refractivity (Wildman–Crippen MR) is 83.5 cm³/mol. The third kappa shape index (κ3) is 2.98. The highest BCUT2D eigenvalue weighted by Crippen LogP contribution is 2.28. The minimum absolute atomic E-state index is 0.123. The molecule has 0 amide bonds. The van der Waals surface area contributed by atoms with Crippen molar-refractivity contribution in [2.75, 3.05) is 4.72 Å². The highest BCUT2D eigenvalue weighted by Gasteiger charge is 2.22. The van der Waals surface area contributed by atoms with Crippen LogP contribution >= 0.6 is 11.3 Å². The fourth-order valence-electron chi connectivity index (χ4n) is 1.89. The number of benzene rings is 2. The highest BCUT2D eigenvalue weighted by atomic mass is 32.2. The maximum Gasteiger partial charge on any atom is 0.306 e. The summed E-state index contributed by atoms with van der Waals surface area (Å²) in [5.41, 5.74) is -0.280. The SMILES string of the molecule is O=[N+]([O-])c1cc(S(=O)(=O)Nc2nc3ccccc3s2)ccc1F. The number of hydrogen-bond acceptors (Lipinski definition) is 6. The Hall–Kier alpha value is -2.59. The van der Waals surface area contributed by atoms with E-state index in [0.29, 0.717) is 11.6 Å². The van der Waals surface area contributed by atoms with Gasteiger partial charge in [0.15, 0.2) is 5.13 Å². The topological polar surface area (TPSA) is 102 Å². The molecule has 0 aliphatic rings. The Morgan fingerprint density at radius 3 is 2.65 bits per heavy atom. The molecule has 3 rings (SSSR count). The third-order valence-electron chi connectivity index (χ3n) is 2.94. The monoisotopic (exact) mass is 353 g/mol. The van der Waals surface area contributed by atoms with Crippen LogP contribution in [0.2, 0.25) is 0 Å². The van der Waals surface area contributed by atoms with Crippen LogP contribution in [0.15, 0.2) is 47.4 Å². The first kappa shape index (κ1) is 15.3. The average molecular weight is 353 g/mol. The highest BCUT2D eigenvalue weighted by molar-refractivity contribution is 7.93. The molecule has 1 heterocycles. The van der Waals surface area contributed by atoms with Crippen LogP contribution in [0, 0.1) is 15.9 Å². The number of fused-ring (bicyclic) bond motifs is 1. The molecule has 0 saturated carbocycles. The van der Waals surface area contributed by atoms with Crippen molar-refractivity contribution in [2.24, 2.45) is 0 Å². The number of nitro benzene ring substituents is 1. The van der Waals surface area contributed by atoms with Crippen molar-refractivity contribution in [1.29, 1.82) is 0 Å². The van der Waals surface area contributed by atoms with Crippen LogP contribution in [-0.4, -0.2) is 18.3 Å². The summed E-state index contributed by atoms with van der Waals surface area (Å²) < 4.78 is 40.9. The molecular formula is C13H8FN3O4S2. The molecule has 0 unspecified atom stereocenters. The summed E-state index contributed by atoms with van der Waals surface area (Å²) in [7, 11) is -4.11. The molecule has 0 spiro atoms. The van der Waals surface area contributed by atoms with Gasteiger partial charge in [0.1, 0.15) is 0 Å². The minimum atomic E-state index is -4.11. The lowest BCUT2D eigenvalue weighted by molar-refractivity contribution is -0.387. The average Bonchev–Trinajstić information content (AvgIpc) is 2.88. The van der Waals surface area contributed by atoms with Crippen LogP contribution in [0.4, 0.5) is 15.2 Å². The van der Waals surface area contributed by atoms with Gasteiger partial charge in [0, 0.05) is 6.07 Å². The van der Waals surface area contributed by atoms with Gasteiger partial charge >= 0.3 is 5.69 Å². The van der Waals surface area contributed by atoms with Gasteiger partial charge in [-0.05, 0) is 24.3 Å². The number of aromatic nitrogens is 1. The Labute approximate surface area is 133 Å². The molecule has 0 atom stereocenters. The van der Waals surface area contributed by atoms with Crippen LogP contribution in [0.25, 0.3) is 10.2 Å². The van der Waals surface area contributed by atoms with Crippen molar-refractivity contribution in [1.82, 2.24) is 4.98 Å². The fourth-order valence-corrected chi connectivity index (χ4v) is 4.01. The van der Waals surface area contributed by atoms with E-state index in [1.54, 1.807) is 24.3 Å². The van der Waals surface area contributed by atoms with Crippen molar-refractivity contribution < 1.29 is 17.7 Å². The Morgan fingerprint density at radius 1 is 1.22 bits per heavy atom. The molecule has 0 aliphatic heterocycles. The lowest BCUT2D eigenvalue weighted by Crippen LogP contribution is -2.13. The fraction of sp³-hybridized carbons (Fsp3) is 0. The summed E-state index contributed by atoms with van der Waals surface area (Å²) in [5.74, 6) is -1.10. The second-order valence-corrected chi connectivity index (χ2v) is 7.18. The van der Waals surface area contributed by atoms with E-state index in [2.05, 4.69) is 9.71 Å². The molecule has 23 heavy (non-hydrogen) atoms. The standard InChI is InChI=1S/C13H8FN3O4S2/c14-9-6-5-8(7-11(9)17(18)19)23(20,21)16-13-15-10-3-1-2-4-12(10)22-13/h1-7H,(H,15,16). The lowest BCUT2D eigenvalue weighted by atomic mass is 10.3. The molecule has 0 saturated heterocycles. The van der Waals surface area contributed by atoms with Gasteiger partial charge in [-0.15, -0.1) is 0 Å². The molecule has 2 aromatic carbocycles. The zero-order chi connectivity index (χ0) is 16.6. The predicted octanol–water partition coefficient (Wildman–Crippen LogP) is 3.14. The van der Waals surface area contributed by atoms with Crippen LogP contribution in [0.3, 0.4) is 0 Å². The molecule has 3 aromatic rings. The van der Waals surface area contributed by atoms with Gasteiger partial charge in [-0.3, -0.25) is 14.8 Å². The normalized spacial score (nSPS) is 11.5. The number of halogens is 1. The van der Waals surface area contributed by atoms with Crippen molar-refractivity contribution in [3.05, 3.63) is 58.4 Å². The molecule has 1 N–H and O–H groups in total. The molecule has 1 aromatic heterocycles. The number of hydrogen-bond donors (Lipinski definition) is 1. The molecule has 10 heteroatoms. The van der Waals surface area contributed by atoms with E-state index in [1.165, 1.54) is 0 Å². The first-order valence-corrected chi connectivity index (χ1v) is 8.49. The number of anilines is 1. The van der Waals surface area contributed by atoms with Gasteiger partial charge in [-0.1, -0.05) is 23.5 Å². The van der Waals surface area contributed by atoms with E-state index in [-0.39, 0.29) is 5.13 Å². The van der Waals surface area contributed by atoms with Gasteiger partial charge in [0.2, 0.25) is 5.82 Å². The van der Waals surface area contributed by atoms with Crippen LogP contribution in [0.5, 0.6) is 0 Å². The second-order valence-electron chi connectivity index (χ2n) is 4.46. The lowest BCUT2D eigenvalue weighted by Gasteiger charge is -2.05. The molecule has 0 fully saturated rings. The van der Waals surface area contributed by atoms with Gasteiger partial charge < -0.3 is 0 Å². The van der Waals surface area contributed by atoms with E-state index < -0.39 is 31.3 Å². The summed E-state index contributed by atoms with van der Waals surface area (Å²) in [4.78, 5) is 13.4. The number of thiazole rings is 1. The Bertz CT molecular complexity index is 984. The summed E-state index contributed by atoms with van der Waals surface area (Å²) in [6, 6.07) is 9.44. The smallest absolute Gasteiger partial charge is 0.258 e. The summed E-state index contributed by atoms with van der Waals surface area (Å²) >= 11 is 1.12. The molecular weight excluding hydrogens is 345 g/mol. The van der Waals surface area contributed by atoms with Crippen molar-refractivity contribution in [3.63, 3.8) is 0 Å². The minimum Gasteiger partial charge on any atom is -0.258 e. The number of sulfonamides is 1. The molecule has 0 radical (unpaired) electrons. The number of nitro groups is 1. The van der Waals surface area contributed by atoms with Crippen LogP contribution < -0.4 is 4.72 Å². The zero-order valence-corrected chi connectivity index (χ0v) is 12.9. The Morgan fingerprint density at radius 2 is 1.96 bits per heavy atom. The molecule has 7 nitrogen and oxygen atoms in total. The quantitative estimate of drug-likeness (QED) is 0.573. The third-order valence-corrected chi connectivity index (χ3v) is 5.36. The zero-order valence-electron chi connectivity index (χ0n) is 11.3. The van der Waals surface area contributed by atoms with Gasteiger partial charge in [-0.2, -0.15) is 4.39 Å².